The highest BCUT2D eigenvalue weighted by Gasteiger charge is 2.06. The van der Waals surface area contributed by atoms with E-state index in [1.54, 1.807) is 13.2 Å². The maximum absolute atomic E-state index is 11.3. The number of halogens is 1. The maximum Gasteiger partial charge on any atom is 0.221 e. The van der Waals surface area contributed by atoms with Crippen molar-refractivity contribution in [3.05, 3.63) is 53.6 Å². The monoisotopic (exact) mass is 482 g/mol. The van der Waals surface area contributed by atoms with Gasteiger partial charge in [-0.15, -0.1) is 24.0 Å². The summed E-state index contributed by atoms with van der Waals surface area (Å²) in [6.07, 6.45) is 0. The number of nitrogens with one attached hydrogen (secondary N) is 2. The van der Waals surface area contributed by atoms with E-state index < -0.39 is 0 Å². The van der Waals surface area contributed by atoms with E-state index >= 15 is 0 Å². The summed E-state index contributed by atoms with van der Waals surface area (Å²) >= 11 is 0. The molecule has 0 aliphatic heterocycles. The molecule has 0 radical (unpaired) electrons. The van der Waals surface area contributed by atoms with Crippen LogP contribution in [0.5, 0.6) is 5.75 Å². The first-order chi connectivity index (χ1) is 12.4. The van der Waals surface area contributed by atoms with Crippen LogP contribution in [0, 0.1) is 0 Å². The van der Waals surface area contributed by atoms with E-state index in [2.05, 4.69) is 41.6 Å². The molecule has 146 valence electrons. The molecule has 2 rings (SSSR count). The van der Waals surface area contributed by atoms with Gasteiger partial charge in [0.25, 0.3) is 0 Å². The van der Waals surface area contributed by atoms with Crippen molar-refractivity contribution >= 4 is 47.2 Å². The highest BCUT2D eigenvalue weighted by molar-refractivity contribution is 14.0. The number of benzene rings is 2. The van der Waals surface area contributed by atoms with Crippen molar-refractivity contribution in [2.24, 2.45) is 10.7 Å². The minimum atomic E-state index is -0.157. The van der Waals surface area contributed by atoms with Crippen molar-refractivity contribution in [2.75, 3.05) is 17.7 Å². The van der Waals surface area contributed by atoms with Crippen LogP contribution in [0.25, 0.3) is 0 Å². The molecule has 4 N–H and O–H groups in total. The third kappa shape index (κ3) is 7.09. The molecule has 0 saturated carbocycles. The molecule has 0 heterocycles. The Morgan fingerprint density at radius 1 is 1.19 bits per heavy atom. The zero-order valence-electron chi connectivity index (χ0n) is 16.1. The number of amides is 1. The lowest BCUT2D eigenvalue weighted by molar-refractivity contribution is -0.114. The predicted octanol–water partition coefficient (Wildman–Crippen LogP) is 4.32. The van der Waals surface area contributed by atoms with Crippen LogP contribution in [0.3, 0.4) is 0 Å². The summed E-state index contributed by atoms with van der Waals surface area (Å²) in [6.45, 7) is 6.14. The summed E-state index contributed by atoms with van der Waals surface area (Å²) in [7, 11) is 1.56. The fourth-order valence-corrected chi connectivity index (χ4v) is 2.48. The van der Waals surface area contributed by atoms with Crippen LogP contribution in [0.2, 0.25) is 0 Å². The van der Waals surface area contributed by atoms with Gasteiger partial charge in [-0.1, -0.05) is 32.0 Å². The molecule has 2 aromatic carbocycles. The molecule has 0 bridgehead atoms. The van der Waals surface area contributed by atoms with Crippen LogP contribution in [-0.4, -0.2) is 19.0 Å². The smallest absolute Gasteiger partial charge is 0.221 e. The Labute approximate surface area is 177 Å². The van der Waals surface area contributed by atoms with Crippen molar-refractivity contribution < 1.29 is 9.53 Å². The van der Waals surface area contributed by atoms with Gasteiger partial charge in [-0.3, -0.25) is 4.79 Å². The molecule has 2 aromatic rings. The molecular weight excluding hydrogens is 455 g/mol. The van der Waals surface area contributed by atoms with Crippen LogP contribution >= 0.6 is 24.0 Å². The number of nitrogens with zero attached hydrogens (tertiary/aromatic N) is 1. The first kappa shape index (κ1) is 22.8. The molecule has 0 saturated heterocycles. The van der Waals surface area contributed by atoms with Crippen molar-refractivity contribution in [2.45, 2.75) is 33.2 Å². The van der Waals surface area contributed by atoms with Gasteiger partial charge in [0.2, 0.25) is 5.91 Å². The number of anilines is 2. The highest BCUT2D eigenvalue weighted by Crippen LogP contribution is 2.26. The largest absolute Gasteiger partial charge is 0.495 e. The number of guanidine groups is 1. The fourth-order valence-electron chi connectivity index (χ4n) is 2.48. The Morgan fingerprint density at radius 2 is 1.93 bits per heavy atom. The number of hydrogen-bond acceptors (Lipinski definition) is 3. The van der Waals surface area contributed by atoms with E-state index in [-0.39, 0.29) is 29.9 Å². The third-order valence-electron chi connectivity index (χ3n) is 3.83. The van der Waals surface area contributed by atoms with E-state index in [1.165, 1.54) is 12.5 Å². The quantitative estimate of drug-likeness (QED) is 0.325. The van der Waals surface area contributed by atoms with Gasteiger partial charge in [0.15, 0.2) is 5.96 Å². The van der Waals surface area contributed by atoms with Crippen LogP contribution in [-0.2, 0) is 11.3 Å². The SMILES string of the molecule is COc1ccc(CN=C(N)Nc2cccc(C(C)C)c2)cc1NC(C)=O.I. The summed E-state index contributed by atoms with van der Waals surface area (Å²) < 4.78 is 5.25. The van der Waals surface area contributed by atoms with Crippen LogP contribution in [0.1, 0.15) is 37.8 Å². The van der Waals surface area contributed by atoms with Gasteiger partial charge >= 0.3 is 0 Å². The first-order valence-electron chi connectivity index (χ1n) is 8.50. The molecule has 0 fully saturated rings. The molecule has 0 aliphatic rings. The van der Waals surface area contributed by atoms with Gasteiger partial charge in [0.1, 0.15) is 5.75 Å². The molecule has 0 atom stereocenters. The van der Waals surface area contributed by atoms with E-state index in [9.17, 15) is 4.79 Å². The van der Waals surface area contributed by atoms with Crippen molar-refractivity contribution in [3.63, 3.8) is 0 Å². The van der Waals surface area contributed by atoms with Gasteiger partial charge in [0, 0.05) is 12.6 Å². The van der Waals surface area contributed by atoms with Crippen molar-refractivity contribution in [1.29, 1.82) is 0 Å². The average molecular weight is 482 g/mol. The third-order valence-corrected chi connectivity index (χ3v) is 3.83. The number of methoxy groups -OCH3 is 1. The topological polar surface area (TPSA) is 88.7 Å². The number of carbonyl (C=O) groups is 1. The van der Waals surface area contributed by atoms with Gasteiger partial charge in [-0.05, 0) is 41.3 Å². The Balaban J connectivity index is 0.00000364. The van der Waals surface area contributed by atoms with Gasteiger partial charge in [-0.2, -0.15) is 0 Å². The zero-order valence-corrected chi connectivity index (χ0v) is 18.4. The van der Waals surface area contributed by atoms with Crippen molar-refractivity contribution in [3.8, 4) is 5.75 Å². The highest BCUT2D eigenvalue weighted by atomic mass is 127. The van der Waals surface area contributed by atoms with Gasteiger partial charge < -0.3 is 21.1 Å². The van der Waals surface area contributed by atoms with Crippen LogP contribution in [0.15, 0.2) is 47.5 Å². The molecule has 0 unspecified atom stereocenters. The molecule has 27 heavy (non-hydrogen) atoms. The maximum atomic E-state index is 11.3. The lowest BCUT2D eigenvalue weighted by atomic mass is 10.0. The zero-order chi connectivity index (χ0) is 19.1. The van der Waals surface area contributed by atoms with E-state index in [0.717, 1.165) is 11.3 Å². The Hall–Kier alpha value is -2.29. The predicted molar refractivity (Wildman–Crippen MR) is 122 cm³/mol. The molecule has 7 heteroatoms. The molecule has 0 aromatic heterocycles. The minimum absolute atomic E-state index is 0. The Bertz CT molecular complexity index is 806. The summed E-state index contributed by atoms with van der Waals surface area (Å²) in [5.74, 6) is 1.23. The lowest BCUT2D eigenvalue weighted by Crippen LogP contribution is -2.22. The van der Waals surface area contributed by atoms with E-state index in [1.807, 2.05) is 24.3 Å². The lowest BCUT2D eigenvalue weighted by Gasteiger charge is -2.11. The van der Waals surface area contributed by atoms with Gasteiger partial charge in [0.05, 0.1) is 19.3 Å². The molecule has 6 nitrogen and oxygen atoms in total. The molecule has 1 amide bonds. The first-order valence-corrected chi connectivity index (χ1v) is 8.50. The second kappa shape index (κ2) is 10.8. The van der Waals surface area contributed by atoms with Crippen LogP contribution < -0.4 is 21.1 Å². The van der Waals surface area contributed by atoms with Crippen molar-refractivity contribution in [1.82, 2.24) is 0 Å². The second-order valence-corrected chi connectivity index (χ2v) is 6.32. The fraction of sp³-hybridized carbons (Fsp3) is 0.300. The minimum Gasteiger partial charge on any atom is -0.495 e. The number of aliphatic imine (C=N–C) groups is 1. The summed E-state index contributed by atoms with van der Waals surface area (Å²) in [6, 6.07) is 13.6. The number of nitrogens with two attached hydrogens (primary N) is 1. The number of ether oxygens (including phenoxy) is 1. The average Bonchev–Trinajstić information content (AvgIpc) is 2.60. The van der Waals surface area contributed by atoms with Gasteiger partial charge in [-0.25, -0.2) is 4.99 Å². The van der Waals surface area contributed by atoms with E-state index in [4.69, 9.17) is 10.5 Å². The standard InChI is InChI=1S/C20H26N4O2.HI/c1-13(2)16-6-5-7-17(11-16)24-20(21)22-12-15-8-9-19(26-4)18(10-15)23-14(3)25;/h5-11,13H,12H2,1-4H3,(H,23,25)(H3,21,22,24);1H. The molecule has 0 spiro atoms. The molecular formula is C20H27IN4O2. The summed E-state index contributed by atoms with van der Waals surface area (Å²) in [5, 5.41) is 5.86. The van der Waals surface area contributed by atoms with E-state index in [0.29, 0.717) is 29.9 Å². The van der Waals surface area contributed by atoms with Crippen LogP contribution in [0.4, 0.5) is 11.4 Å². The Kier molecular flexibility index (Phi) is 9.07. The molecule has 0 aliphatic carbocycles. The Morgan fingerprint density at radius 3 is 2.56 bits per heavy atom. The number of hydrogen-bond donors (Lipinski definition) is 3. The summed E-state index contributed by atoms with van der Waals surface area (Å²) in [5.41, 5.74) is 9.67. The normalized spacial score (nSPS) is 10.9. The second-order valence-electron chi connectivity index (χ2n) is 6.32. The number of rotatable bonds is 6. The number of carbonyl (C=O) groups excluding carboxylic acids is 1. The summed E-state index contributed by atoms with van der Waals surface area (Å²) in [4.78, 5) is 15.7.